The first kappa shape index (κ1) is 12.2. The average molecular weight is 262 g/mol. The van der Waals surface area contributed by atoms with Gasteiger partial charge >= 0.3 is 0 Å². The minimum absolute atomic E-state index is 0.164. The highest BCUT2D eigenvalue weighted by Crippen LogP contribution is 2.49. The molecular weight excluding hydrogens is 236 g/mol. The van der Waals surface area contributed by atoms with E-state index >= 15 is 0 Å². The number of carbonyl (C=O) groups excluding carboxylic acids is 1. The van der Waals surface area contributed by atoms with Gasteiger partial charge in [-0.2, -0.15) is 0 Å². The Bertz CT molecular complexity index is 388. The molecule has 1 amide bonds. The highest BCUT2D eigenvalue weighted by molar-refractivity contribution is 5.89. The van der Waals surface area contributed by atoms with Gasteiger partial charge in [0.25, 0.3) is 0 Å². The smallest absolute Gasteiger partial charge is 0.244 e. The Morgan fingerprint density at radius 2 is 2.05 bits per heavy atom. The molecule has 3 saturated carbocycles. The number of nitrogens with zero attached hydrogens (tertiary/aromatic N) is 1. The molecule has 3 heteroatoms. The third-order valence-corrected chi connectivity index (χ3v) is 6.32. The van der Waals surface area contributed by atoms with Crippen LogP contribution in [0.4, 0.5) is 0 Å². The van der Waals surface area contributed by atoms with Crippen molar-refractivity contribution in [3.05, 3.63) is 0 Å². The van der Waals surface area contributed by atoms with Gasteiger partial charge in [-0.3, -0.25) is 10.1 Å². The molecule has 19 heavy (non-hydrogen) atoms. The zero-order chi connectivity index (χ0) is 13.0. The molecule has 1 N–H and O–H groups in total. The SMILES string of the molecule is CCC1NC2(CCCC2)C(=O)N1C1CC2CCC1C2. The summed E-state index contributed by atoms with van der Waals surface area (Å²) in [6.45, 7) is 2.22. The topological polar surface area (TPSA) is 32.3 Å². The van der Waals surface area contributed by atoms with E-state index in [1.54, 1.807) is 0 Å². The van der Waals surface area contributed by atoms with Crippen LogP contribution in [0.25, 0.3) is 0 Å². The van der Waals surface area contributed by atoms with Crippen molar-refractivity contribution in [2.24, 2.45) is 11.8 Å². The summed E-state index contributed by atoms with van der Waals surface area (Å²) in [7, 11) is 0. The summed E-state index contributed by atoms with van der Waals surface area (Å²) in [5.41, 5.74) is -0.164. The van der Waals surface area contributed by atoms with Crippen LogP contribution in [-0.2, 0) is 4.79 Å². The number of hydrogen-bond acceptors (Lipinski definition) is 2. The van der Waals surface area contributed by atoms with Gasteiger partial charge in [-0.25, -0.2) is 0 Å². The predicted molar refractivity (Wildman–Crippen MR) is 74.5 cm³/mol. The lowest BCUT2D eigenvalue weighted by Crippen LogP contribution is -2.47. The number of carbonyl (C=O) groups is 1. The van der Waals surface area contributed by atoms with Crippen LogP contribution in [-0.4, -0.2) is 28.6 Å². The van der Waals surface area contributed by atoms with Crippen molar-refractivity contribution in [2.75, 3.05) is 0 Å². The molecule has 4 atom stereocenters. The van der Waals surface area contributed by atoms with E-state index in [2.05, 4.69) is 17.1 Å². The second kappa shape index (κ2) is 4.21. The molecule has 0 radical (unpaired) electrons. The lowest BCUT2D eigenvalue weighted by Gasteiger charge is -2.35. The molecule has 4 aliphatic rings. The van der Waals surface area contributed by atoms with Gasteiger partial charge < -0.3 is 4.90 Å². The first-order chi connectivity index (χ1) is 9.23. The maximum absolute atomic E-state index is 13.0. The Balaban J connectivity index is 1.61. The Morgan fingerprint density at radius 3 is 2.63 bits per heavy atom. The van der Waals surface area contributed by atoms with Crippen LogP contribution in [0.15, 0.2) is 0 Å². The van der Waals surface area contributed by atoms with Crippen LogP contribution in [0.2, 0.25) is 0 Å². The fourth-order valence-corrected chi connectivity index (χ4v) is 5.41. The molecule has 3 aliphatic carbocycles. The van der Waals surface area contributed by atoms with Gasteiger partial charge in [0.2, 0.25) is 5.91 Å². The normalized spacial score (nSPS) is 43.8. The summed E-state index contributed by atoms with van der Waals surface area (Å²) in [4.78, 5) is 15.3. The van der Waals surface area contributed by atoms with E-state index in [9.17, 15) is 4.79 Å². The zero-order valence-electron chi connectivity index (χ0n) is 12.0. The quantitative estimate of drug-likeness (QED) is 0.830. The maximum Gasteiger partial charge on any atom is 0.244 e. The van der Waals surface area contributed by atoms with Gasteiger partial charge in [0, 0.05) is 6.04 Å². The Labute approximate surface area is 116 Å². The van der Waals surface area contributed by atoms with Crippen LogP contribution in [0, 0.1) is 11.8 Å². The van der Waals surface area contributed by atoms with Gasteiger partial charge in [0.05, 0.1) is 11.7 Å². The van der Waals surface area contributed by atoms with E-state index in [4.69, 9.17) is 0 Å². The molecule has 4 fully saturated rings. The second-order valence-corrected chi connectivity index (χ2v) is 7.31. The number of fused-ring (bicyclic) bond motifs is 2. The van der Waals surface area contributed by atoms with E-state index in [1.165, 1.54) is 38.5 Å². The Kier molecular flexibility index (Phi) is 2.70. The van der Waals surface area contributed by atoms with Crippen molar-refractivity contribution in [1.82, 2.24) is 10.2 Å². The molecule has 1 spiro atoms. The first-order valence-electron chi connectivity index (χ1n) is 8.34. The Hall–Kier alpha value is -0.570. The van der Waals surface area contributed by atoms with Crippen molar-refractivity contribution in [3.63, 3.8) is 0 Å². The largest absolute Gasteiger partial charge is 0.322 e. The standard InChI is InChI=1S/C16H26N2O/c1-2-14-17-16(7-3-4-8-16)15(19)18(14)13-10-11-5-6-12(13)9-11/h11-14,17H,2-10H2,1H3. The van der Waals surface area contributed by atoms with Crippen molar-refractivity contribution < 1.29 is 4.79 Å². The number of amides is 1. The Morgan fingerprint density at radius 1 is 1.26 bits per heavy atom. The van der Waals surface area contributed by atoms with E-state index in [1.807, 2.05) is 0 Å². The molecule has 1 heterocycles. The fourth-order valence-electron chi connectivity index (χ4n) is 5.41. The van der Waals surface area contributed by atoms with E-state index in [0.717, 1.165) is 31.1 Å². The molecule has 0 aromatic carbocycles. The van der Waals surface area contributed by atoms with Gasteiger partial charge in [0.15, 0.2) is 0 Å². The minimum Gasteiger partial charge on any atom is -0.322 e. The summed E-state index contributed by atoms with van der Waals surface area (Å²) in [5, 5.41) is 3.73. The molecule has 2 bridgehead atoms. The number of nitrogens with one attached hydrogen (secondary N) is 1. The van der Waals surface area contributed by atoms with Crippen molar-refractivity contribution >= 4 is 5.91 Å². The molecule has 106 valence electrons. The van der Waals surface area contributed by atoms with Crippen molar-refractivity contribution in [1.29, 1.82) is 0 Å². The van der Waals surface area contributed by atoms with Crippen LogP contribution in [0.3, 0.4) is 0 Å². The monoisotopic (exact) mass is 262 g/mol. The molecule has 1 saturated heterocycles. The van der Waals surface area contributed by atoms with Crippen molar-refractivity contribution in [2.45, 2.75) is 82.5 Å². The van der Waals surface area contributed by atoms with Gasteiger partial charge in [-0.15, -0.1) is 0 Å². The summed E-state index contributed by atoms with van der Waals surface area (Å²) in [6, 6.07) is 0.559. The lowest BCUT2D eigenvalue weighted by molar-refractivity contribution is -0.136. The molecule has 1 aliphatic heterocycles. The molecule has 0 aromatic rings. The van der Waals surface area contributed by atoms with Crippen molar-refractivity contribution in [3.8, 4) is 0 Å². The number of rotatable bonds is 2. The van der Waals surface area contributed by atoms with Gasteiger partial charge in [-0.05, 0) is 50.4 Å². The molecule has 0 aromatic heterocycles. The van der Waals surface area contributed by atoms with E-state index in [0.29, 0.717) is 18.1 Å². The predicted octanol–water partition coefficient (Wildman–Crippen LogP) is 2.66. The summed E-state index contributed by atoms with van der Waals surface area (Å²) in [5.74, 6) is 2.18. The molecule has 4 unspecified atom stereocenters. The third kappa shape index (κ3) is 1.63. The highest BCUT2D eigenvalue weighted by Gasteiger charge is 2.56. The molecule has 4 rings (SSSR count). The fraction of sp³-hybridized carbons (Fsp3) is 0.938. The third-order valence-electron chi connectivity index (χ3n) is 6.32. The highest BCUT2D eigenvalue weighted by atomic mass is 16.2. The van der Waals surface area contributed by atoms with Crippen LogP contribution < -0.4 is 5.32 Å². The van der Waals surface area contributed by atoms with Crippen LogP contribution in [0.1, 0.15) is 64.7 Å². The number of hydrogen-bond donors (Lipinski definition) is 1. The molecular formula is C16H26N2O. The van der Waals surface area contributed by atoms with E-state index < -0.39 is 0 Å². The zero-order valence-corrected chi connectivity index (χ0v) is 12.0. The van der Waals surface area contributed by atoms with Crippen LogP contribution >= 0.6 is 0 Å². The van der Waals surface area contributed by atoms with Gasteiger partial charge in [-0.1, -0.05) is 26.2 Å². The van der Waals surface area contributed by atoms with Gasteiger partial charge in [0.1, 0.15) is 0 Å². The minimum atomic E-state index is -0.164. The first-order valence-corrected chi connectivity index (χ1v) is 8.34. The van der Waals surface area contributed by atoms with Crippen LogP contribution in [0.5, 0.6) is 0 Å². The molecule has 3 nitrogen and oxygen atoms in total. The average Bonchev–Trinajstić information content (AvgIpc) is 3.17. The summed E-state index contributed by atoms with van der Waals surface area (Å²) >= 11 is 0. The summed E-state index contributed by atoms with van der Waals surface area (Å²) in [6.07, 6.45) is 11.4. The summed E-state index contributed by atoms with van der Waals surface area (Å²) < 4.78 is 0. The second-order valence-electron chi connectivity index (χ2n) is 7.31. The maximum atomic E-state index is 13.0. The lowest BCUT2D eigenvalue weighted by atomic mass is 9.92. The van der Waals surface area contributed by atoms with E-state index in [-0.39, 0.29) is 5.54 Å².